The Hall–Kier alpha value is -2.12. The van der Waals surface area contributed by atoms with Gasteiger partial charge in [0.25, 0.3) is 0 Å². The predicted molar refractivity (Wildman–Crippen MR) is 102 cm³/mol. The summed E-state index contributed by atoms with van der Waals surface area (Å²) < 4.78 is 13.0. The summed E-state index contributed by atoms with van der Waals surface area (Å²) >= 11 is 6.06. The maximum Gasteiger partial charge on any atom is 0.410 e. The largest absolute Gasteiger partial charge is 0.444 e. The first-order valence-corrected chi connectivity index (χ1v) is 9.32. The molecule has 1 saturated heterocycles. The van der Waals surface area contributed by atoms with Crippen LogP contribution in [0.2, 0.25) is 5.02 Å². The molecule has 0 bridgehead atoms. The summed E-state index contributed by atoms with van der Waals surface area (Å²) in [6.07, 6.45) is 2.81. The lowest BCUT2D eigenvalue weighted by atomic mass is 9.88. The van der Waals surface area contributed by atoms with Crippen LogP contribution < -0.4 is 0 Å². The van der Waals surface area contributed by atoms with Gasteiger partial charge in [0.1, 0.15) is 16.9 Å². The Balaban J connectivity index is 1.74. The lowest BCUT2D eigenvalue weighted by Crippen LogP contribution is -2.47. The number of ether oxygens (including phenoxy) is 2. The number of halogens is 1. The molecule has 1 fully saturated rings. The zero-order chi connectivity index (χ0) is 19.7. The summed E-state index contributed by atoms with van der Waals surface area (Å²) in [6, 6.07) is 7.41. The summed E-state index contributed by atoms with van der Waals surface area (Å²) in [7, 11) is 1.67. The molecule has 1 aromatic heterocycles. The molecule has 27 heavy (non-hydrogen) atoms. The molecule has 0 spiro atoms. The van der Waals surface area contributed by atoms with Crippen molar-refractivity contribution in [2.24, 2.45) is 0 Å². The van der Waals surface area contributed by atoms with Crippen LogP contribution in [0.3, 0.4) is 0 Å². The summed E-state index contributed by atoms with van der Waals surface area (Å²) in [4.78, 5) is 14.0. The molecular formula is C19H25ClN4O3. The van der Waals surface area contributed by atoms with E-state index in [4.69, 9.17) is 21.1 Å². The number of aromatic nitrogens is 3. The van der Waals surface area contributed by atoms with Crippen LogP contribution in [0, 0.1) is 0 Å². The van der Waals surface area contributed by atoms with E-state index in [1.807, 2.05) is 51.2 Å². The minimum atomic E-state index is -0.574. The van der Waals surface area contributed by atoms with Crippen molar-refractivity contribution in [2.45, 2.75) is 44.8 Å². The maximum atomic E-state index is 12.3. The van der Waals surface area contributed by atoms with Crippen LogP contribution in [0.4, 0.5) is 4.79 Å². The van der Waals surface area contributed by atoms with E-state index in [2.05, 4.69) is 10.3 Å². The first-order valence-electron chi connectivity index (χ1n) is 8.94. The highest BCUT2D eigenvalue weighted by atomic mass is 35.5. The maximum absolute atomic E-state index is 12.3. The Morgan fingerprint density at radius 3 is 2.56 bits per heavy atom. The van der Waals surface area contributed by atoms with Crippen molar-refractivity contribution in [3.63, 3.8) is 0 Å². The van der Waals surface area contributed by atoms with Gasteiger partial charge in [-0.05, 0) is 39.0 Å². The Labute approximate surface area is 164 Å². The Morgan fingerprint density at radius 1 is 1.26 bits per heavy atom. The molecule has 8 heteroatoms. The van der Waals surface area contributed by atoms with E-state index in [0.29, 0.717) is 31.0 Å². The van der Waals surface area contributed by atoms with Gasteiger partial charge in [0, 0.05) is 38.1 Å². The van der Waals surface area contributed by atoms with Gasteiger partial charge in [-0.1, -0.05) is 22.9 Å². The van der Waals surface area contributed by atoms with Gasteiger partial charge in [-0.3, -0.25) is 0 Å². The van der Waals surface area contributed by atoms with Crippen LogP contribution in [0.1, 0.15) is 39.3 Å². The van der Waals surface area contributed by atoms with Crippen molar-refractivity contribution < 1.29 is 14.3 Å². The van der Waals surface area contributed by atoms with Gasteiger partial charge in [0.15, 0.2) is 0 Å². The molecule has 0 unspecified atom stereocenters. The van der Waals surface area contributed by atoms with Crippen LogP contribution in [0.5, 0.6) is 0 Å². The smallest absolute Gasteiger partial charge is 0.410 e. The molecule has 2 heterocycles. The third-order valence-electron chi connectivity index (χ3n) is 4.65. The number of benzene rings is 1. The molecule has 2 aromatic rings. The van der Waals surface area contributed by atoms with E-state index in [1.54, 1.807) is 16.7 Å². The minimum Gasteiger partial charge on any atom is -0.444 e. The Bertz CT molecular complexity index is 807. The third kappa shape index (κ3) is 4.42. The van der Waals surface area contributed by atoms with Crippen LogP contribution in [0.25, 0.3) is 5.69 Å². The van der Waals surface area contributed by atoms with Crippen LogP contribution >= 0.6 is 11.6 Å². The number of amides is 1. The van der Waals surface area contributed by atoms with Crippen molar-refractivity contribution >= 4 is 17.7 Å². The van der Waals surface area contributed by atoms with Gasteiger partial charge in [0.05, 0.1) is 11.9 Å². The SMILES string of the molecule is COC1(c2cn(-c3cccc(Cl)c3)nn2)CCN(C(=O)OC(C)(C)C)CC1. The zero-order valence-electron chi connectivity index (χ0n) is 16.1. The average molecular weight is 393 g/mol. The second kappa shape index (κ2) is 7.48. The zero-order valence-corrected chi connectivity index (χ0v) is 16.9. The van der Waals surface area contributed by atoms with E-state index in [-0.39, 0.29) is 6.09 Å². The number of carbonyl (C=O) groups excluding carboxylic acids is 1. The summed E-state index contributed by atoms with van der Waals surface area (Å²) in [5.41, 5.74) is 0.495. The fourth-order valence-corrected chi connectivity index (χ4v) is 3.34. The Morgan fingerprint density at radius 2 is 1.96 bits per heavy atom. The number of hydrogen-bond donors (Lipinski definition) is 0. The lowest BCUT2D eigenvalue weighted by molar-refractivity contribution is -0.0678. The number of carbonyl (C=O) groups is 1. The number of methoxy groups -OCH3 is 1. The molecule has 0 N–H and O–H groups in total. The predicted octanol–water partition coefficient (Wildman–Crippen LogP) is 3.79. The molecule has 0 radical (unpaired) electrons. The highest BCUT2D eigenvalue weighted by Gasteiger charge is 2.41. The fraction of sp³-hybridized carbons (Fsp3) is 0.526. The standard InChI is InChI=1S/C19H25ClN4O3/c1-18(2,3)27-17(25)23-10-8-19(26-4,9-11-23)16-13-24(22-21-16)15-7-5-6-14(20)12-15/h5-7,12-13H,8-11H2,1-4H3. The number of likely N-dealkylation sites (tertiary alicyclic amines) is 1. The van der Waals surface area contributed by atoms with Gasteiger partial charge in [-0.15, -0.1) is 5.10 Å². The quantitative estimate of drug-likeness (QED) is 0.794. The second-order valence-electron chi connectivity index (χ2n) is 7.69. The Kier molecular flexibility index (Phi) is 5.44. The van der Waals surface area contributed by atoms with Crippen molar-refractivity contribution in [2.75, 3.05) is 20.2 Å². The van der Waals surface area contributed by atoms with E-state index in [0.717, 1.165) is 11.4 Å². The molecule has 1 aliphatic heterocycles. The van der Waals surface area contributed by atoms with Gasteiger partial charge < -0.3 is 14.4 Å². The fourth-order valence-electron chi connectivity index (χ4n) is 3.16. The van der Waals surface area contributed by atoms with Crippen molar-refractivity contribution in [3.05, 3.63) is 41.2 Å². The molecule has 7 nitrogen and oxygen atoms in total. The van der Waals surface area contributed by atoms with Gasteiger partial charge in [0.2, 0.25) is 0 Å². The molecule has 146 valence electrons. The monoisotopic (exact) mass is 392 g/mol. The van der Waals surface area contributed by atoms with E-state index in [1.165, 1.54) is 0 Å². The van der Waals surface area contributed by atoms with E-state index in [9.17, 15) is 4.79 Å². The normalized spacial score (nSPS) is 17.0. The highest BCUT2D eigenvalue weighted by Crippen LogP contribution is 2.35. The molecule has 0 saturated carbocycles. The number of piperidine rings is 1. The molecule has 0 atom stereocenters. The number of hydrogen-bond acceptors (Lipinski definition) is 5. The van der Waals surface area contributed by atoms with E-state index < -0.39 is 11.2 Å². The van der Waals surface area contributed by atoms with Gasteiger partial charge in [-0.2, -0.15) is 0 Å². The third-order valence-corrected chi connectivity index (χ3v) is 4.88. The molecule has 1 aromatic carbocycles. The summed E-state index contributed by atoms with van der Waals surface area (Å²) in [5, 5.41) is 9.19. The topological polar surface area (TPSA) is 69.5 Å². The molecule has 3 rings (SSSR count). The van der Waals surface area contributed by atoms with Gasteiger partial charge in [-0.25, -0.2) is 9.48 Å². The average Bonchev–Trinajstić information content (AvgIpc) is 3.11. The first kappa shape index (κ1) is 19.6. The molecular weight excluding hydrogens is 368 g/mol. The summed E-state index contributed by atoms with van der Waals surface area (Å²) in [5.74, 6) is 0. The highest BCUT2D eigenvalue weighted by molar-refractivity contribution is 6.30. The minimum absolute atomic E-state index is 0.296. The molecule has 1 amide bonds. The molecule has 1 aliphatic rings. The van der Waals surface area contributed by atoms with Gasteiger partial charge >= 0.3 is 6.09 Å². The number of rotatable bonds is 3. The molecule has 0 aliphatic carbocycles. The second-order valence-corrected chi connectivity index (χ2v) is 8.13. The van der Waals surface area contributed by atoms with Crippen LogP contribution in [0.15, 0.2) is 30.5 Å². The van der Waals surface area contributed by atoms with Crippen LogP contribution in [-0.4, -0.2) is 51.8 Å². The van der Waals surface area contributed by atoms with Crippen molar-refractivity contribution in [3.8, 4) is 5.69 Å². The lowest BCUT2D eigenvalue weighted by Gasteiger charge is -2.39. The van der Waals surface area contributed by atoms with Crippen molar-refractivity contribution in [1.29, 1.82) is 0 Å². The number of nitrogens with zero attached hydrogens (tertiary/aromatic N) is 4. The van der Waals surface area contributed by atoms with Crippen molar-refractivity contribution in [1.82, 2.24) is 19.9 Å². The first-order chi connectivity index (χ1) is 12.7. The van der Waals surface area contributed by atoms with E-state index >= 15 is 0 Å². The van der Waals surface area contributed by atoms with Crippen LogP contribution in [-0.2, 0) is 15.1 Å². The summed E-state index contributed by atoms with van der Waals surface area (Å²) in [6.45, 7) is 6.66.